The number of anilines is 1. The standard InChI is InChI=1S/C15H17F2N3O2/c1-21-15(2-4-22-5-3-15)8-18-14-10-6-11(16)12(17)7-13(10)19-9-20-14/h6-7,9H,2-5,8H2,1H3,(H,18,19,20). The Hall–Kier alpha value is -1.86. The van der Waals surface area contributed by atoms with Gasteiger partial charge >= 0.3 is 0 Å². The molecule has 7 heteroatoms. The maximum Gasteiger partial charge on any atom is 0.161 e. The number of rotatable bonds is 4. The molecule has 22 heavy (non-hydrogen) atoms. The van der Waals surface area contributed by atoms with Crippen LogP contribution in [0.2, 0.25) is 0 Å². The molecule has 1 saturated heterocycles. The highest BCUT2D eigenvalue weighted by Gasteiger charge is 2.32. The van der Waals surface area contributed by atoms with Gasteiger partial charge in [0.1, 0.15) is 12.1 Å². The fourth-order valence-electron chi connectivity index (χ4n) is 2.63. The summed E-state index contributed by atoms with van der Waals surface area (Å²) < 4.78 is 37.7. The Morgan fingerprint density at radius 3 is 2.68 bits per heavy atom. The van der Waals surface area contributed by atoms with Gasteiger partial charge in [-0.1, -0.05) is 0 Å². The number of hydrogen-bond acceptors (Lipinski definition) is 5. The third-order valence-electron chi connectivity index (χ3n) is 4.09. The maximum absolute atomic E-state index is 13.5. The van der Waals surface area contributed by atoms with Crippen LogP contribution in [0, 0.1) is 11.6 Å². The summed E-state index contributed by atoms with van der Waals surface area (Å²) in [6.45, 7) is 1.79. The van der Waals surface area contributed by atoms with E-state index >= 15 is 0 Å². The summed E-state index contributed by atoms with van der Waals surface area (Å²) >= 11 is 0. The largest absolute Gasteiger partial charge is 0.381 e. The number of methoxy groups -OCH3 is 1. The monoisotopic (exact) mass is 309 g/mol. The van der Waals surface area contributed by atoms with Crippen LogP contribution in [-0.4, -0.2) is 42.4 Å². The molecule has 1 aromatic heterocycles. The van der Waals surface area contributed by atoms with E-state index in [9.17, 15) is 8.78 Å². The molecule has 1 aliphatic heterocycles. The second kappa shape index (κ2) is 6.10. The minimum atomic E-state index is -0.921. The zero-order chi connectivity index (χ0) is 15.6. The molecule has 0 aliphatic carbocycles. The molecule has 0 bridgehead atoms. The van der Waals surface area contributed by atoms with Gasteiger partial charge in [-0.2, -0.15) is 0 Å². The van der Waals surface area contributed by atoms with Crippen molar-refractivity contribution in [1.82, 2.24) is 9.97 Å². The van der Waals surface area contributed by atoms with Crippen LogP contribution in [0.15, 0.2) is 18.5 Å². The average molecular weight is 309 g/mol. The van der Waals surface area contributed by atoms with E-state index in [-0.39, 0.29) is 5.60 Å². The predicted molar refractivity (Wildman–Crippen MR) is 77.7 cm³/mol. The van der Waals surface area contributed by atoms with Crippen molar-refractivity contribution in [2.75, 3.05) is 32.2 Å². The van der Waals surface area contributed by atoms with E-state index in [4.69, 9.17) is 9.47 Å². The number of nitrogens with zero attached hydrogens (tertiary/aromatic N) is 2. The Balaban J connectivity index is 1.86. The summed E-state index contributed by atoms with van der Waals surface area (Å²) in [5.74, 6) is -1.38. The molecule has 1 N–H and O–H groups in total. The van der Waals surface area contributed by atoms with Crippen molar-refractivity contribution < 1.29 is 18.3 Å². The molecular weight excluding hydrogens is 292 g/mol. The van der Waals surface area contributed by atoms with E-state index in [1.165, 1.54) is 6.33 Å². The SMILES string of the molecule is COC1(CNc2ncnc3cc(F)c(F)cc23)CCOCC1. The van der Waals surface area contributed by atoms with Gasteiger partial charge in [-0.25, -0.2) is 18.7 Å². The van der Waals surface area contributed by atoms with Gasteiger partial charge in [0.15, 0.2) is 11.6 Å². The van der Waals surface area contributed by atoms with Crippen molar-refractivity contribution in [3.05, 3.63) is 30.1 Å². The molecule has 1 fully saturated rings. The summed E-state index contributed by atoms with van der Waals surface area (Å²) in [5.41, 5.74) is 0.0171. The van der Waals surface area contributed by atoms with Crippen molar-refractivity contribution in [2.45, 2.75) is 18.4 Å². The van der Waals surface area contributed by atoms with Gasteiger partial charge in [-0.15, -0.1) is 0 Å². The zero-order valence-corrected chi connectivity index (χ0v) is 12.2. The van der Waals surface area contributed by atoms with Gasteiger partial charge in [0, 0.05) is 51.2 Å². The summed E-state index contributed by atoms with van der Waals surface area (Å²) in [6, 6.07) is 2.18. The van der Waals surface area contributed by atoms with Crippen LogP contribution in [0.5, 0.6) is 0 Å². The lowest BCUT2D eigenvalue weighted by molar-refractivity contribution is -0.0807. The summed E-state index contributed by atoms with van der Waals surface area (Å²) in [7, 11) is 1.67. The van der Waals surface area contributed by atoms with E-state index in [1.54, 1.807) is 7.11 Å². The van der Waals surface area contributed by atoms with Gasteiger partial charge in [0.05, 0.1) is 11.1 Å². The van der Waals surface area contributed by atoms with E-state index in [0.717, 1.165) is 25.0 Å². The fourth-order valence-corrected chi connectivity index (χ4v) is 2.63. The molecule has 1 aliphatic rings. The Kier molecular flexibility index (Phi) is 4.17. The number of fused-ring (bicyclic) bond motifs is 1. The number of halogens is 2. The van der Waals surface area contributed by atoms with Gasteiger partial charge in [-0.3, -0.25) is 0 Å². The normalized spacial score (nSPS) is 17.6. The van der Waals surface area contributed by atoms with Crippen molar-refractivity contribution in [2.24, 2.45) is 0 Å². The zero-order valence-electron chi connectivity index (χ0n) is 12.2. The van der Waals surface area contributed by atoms with Crippen molar-refractivity contribution in [1.29, 1.82) is 0 Å². The van der Waals surface area contributed by atoms with Crippen LogP contribution in [0.1, 0.15) is 12.8 Å². The number of benzene rings is 1. The second-order valence-electron chi connectivity index (χ2n) is 5.36. The number of hydrogen-bond donors (Lipinski definition) is 1. The highest BCUT2D eigenvalue weighted by Crippen LogP contribution is 2.27. The van der Waals surface area contributed by atoms with Crippen LogP contribution in [0.25, 0.3) is 10.9 Å². The van der Waals surface area contributed by atoms with Crippen LogP contribution >= 0.6 is 0 Å². The second-order valence-corrected chi connectivity index (χ2v) is 5.36. The van der Waals surface area contributed by atoms with Crippen molar-refractivity contribution in [3.63, 3.8) is 0 Å². The van der Waals surface area contributed by atoms with Gasteiger partial charge < -0.3 is 14.8 Å². The Bertz CT molecular complexity index is 675. The van der Waals surface area contributed by atoms with Crippen molar-refractivity contribution in [3.8, 4) is 0 Å². The summed E-state index contributed by atoms with van der Waals surface area (Å²) in [4.78, 5) is 8.10. The van der Waals surface area contributed by atoms with Crippen LogP contribution in [0.3, 0.4) is 0 Å². The number of ether oxygens (including phenoxy) is 2. The molecule has 1 aromatic carbocycles. The smallest absolute Gasteiger partial charge is 0.161 e. The molecule has 5 nitrogen and oxygen atoms in total. The summed E-state index contributed by atoms with van der Waals surface area (Å²) in [5, 5.41) is 3.62. The van der Waals surface area contributed by atoms with Gasteiger partial charge in [-0.05, 0) is 6.07 Å². The third-order valence-corrected chi connectivity index (χ3v) is 4.09. The van der Waals surface area contributed by atoms with E-state index in [1.807, 2.05) is 0 Å². The third kappa shape index (κ3) is 2.86. The molecule has 2 heterocycles. The Morgan fingerprint density at radius 2 is 1.95 bits per heavy atom. The molecule has 0 atom stereocenters. The fraction of sp³-hybridized carbons (Fsp3) is 0.467. The quantitative estimate of drug-likeness (QED) is 0.940. The molecule has 0 amide bonds. The first-order chi connectivity index (χ1) is 10.6. The van der Waals surface area contributed by atoms with E-state index in [2.05, 4.69) is 15.3 Å². The van der Waals surface area contributed by atoms with E-state index in [0.29, 0.717) is 36.5 Å². The Labute approximate surface area is 126 Å². The van der Waals surface area contributed by atoms with Crippen LogP contribution < -0.4 is 5.32 Å². The number of aromatic nitrogens is 2. The lowest BCUT2D eigenvalue weighted by Crippen LogP contribution is -2.44. The van der Waals surface area contributed by atoms with E-state index < -0.39 is 11.6 Å². The highest BCUT2D eigenvalue weighted by molar-refractivity contribution is 5.88. The molecule has 0 radical (unpaired) electrons. The molecule has 3 rings (SSSR count). The Morgan fingerprint density at radius 1 is 1.23 bits per heavy atom. The predicted octanol–water partition coefficient (Wildman–Crippen LogP) is 2.52. The molecule has 0 unspecified atom stereocenters. The lowest BCUT2D eigenvalue weighted by Gasteiger charge is -2.36. The lowest BCUT2D eigenvalue weighted by atomic mass is 9.94. The van der Waals surface area contributed by atoms with Gasteiger partial charge in [0.2, 0.25) is 0 Å². The highest BCUT2D eigenvalue weighted by atomic mass is 19.2. The van der Waals surface area contributed by atoms with Gasteiger partial charge in [0.25, 0.3) is 0 Å². The summed E-state index contributed by atoms with van der Waals surface area (Å²) in [6.07, 6.45) is 2.86. The van der Waals surface area contributed by atoms with Crippen LogP contribution in [-0.2, 0) is 9.47 Å². The topological polar surface area (TPSA) is 56.3 Å². The first-order valence-electron chi connectivity index (χ1n) is 7.10. The molecule has 0 spiro atoms. The first kappa shape index (κ1) is 15.1. The maximum atomic E-state index is 13.5. The average Bonchev–Trinajstić information content (AvgIpc) is 2.55. The minimum Gasteiger partial charge on any atom is -0.381 e. The molecule has 0 saturated carbocycles. The van der Waals surface area contributed by atoms with Crippen molar-refractivity contribution >= 4 is 16.7 Å². The molecule has 118 valence electrons. The van der Waals surface area contributed by atoms with Crippen LogP contribution in [0.4, 0.5) is 14.6 Å². The molecule has 2 aromatic rings. The minimum absolute atomic E-state index is 0.339. The molecular formula is C15H17F2N3O2. The first-order valence-corrected chi connectivity index (χ1v) is 7.10. The number of nitrogens with one attached hydrogen (secondary N) is 1.